The van der Waals surface area contributed by atoms with Crippen LogP contribution in [0.5, 0.6) is 5.75 Å². The van der Waals surface area contributed by atoms with E-state index < -0.39 is 0 Å². The number of ether oxygens (including phenoxy) is 1. The Morgan fingerprint density at radius 2 is 1.78 bits per heavy atom. The minimum atomic E-state index is -0.133. The molecule has 0 saturated heterocycles. The monoisotopic (exact) mass is 374 g/mol. The molecule has 1 amide bonds. The zero-order valence-electron chi connectivity index (χ0n) is 12.9. The summed E-state index contributed by atoms with van der Waals surface area (Å²) >= 11 is 3.40. The highest BCUT2D eigenvalue weighted by Crippen LogP contribution is 2.24. The minimum Gasteiger partial charge on any atom is -0.487 e. The predicted octanol–water partition coefficient (Wildman–Crippen LogP) is 4.45. The highest BCUT2D eigenvalue weighted by molar-refractivity contribution is 9.10. The van der Waals surface area contributed by atoms with Crippen molar-refractivity contribution in [1.82, 2.24) is 0 Å². The van der Waals surface area contributed by atoms with Crippen LogP contribution in [0.15, 0.2) is 65.2 Å². The van der Waals surface area contributed by atoms with E-state index in [0.29, 0.717) is 12.4 Å². The molecule has 0 atom stereocenters. The van der Waals surface area contributed by atoms with Gasteiger partial charge in [-0.1, -0.05) is 30.8 Å². The molecule has 4 nitrogen and oxygen atoms in total. The average molecular weight is 375 g/mol. The molecule has 23 heavy (non-hydrogen) atoms. The Morgan fingerprint density at radius 1 is 1.13 bits per heavy atom. The quantitative estimate of drug-likeness (QED) is 0.703. The molecule has 0 spiro atoms. The van der Waals surface area contributed by atoms with Crippen LogP contribution in [0.3, 0.4) is 0 Å². The van der Waals surface area contributed by atoms with Gasteiger partial charge in [-0.3, -0.25) is 4.79 Å². The largest absolute Gasteiger partial charge is 0.487 e. The molecule has 0 aliphatic carbocycles. The highest BCUT2D eigenvalue weighted by atomic mass is 79.9. The third-order valence-electron chi connectivity index (χ3n) is 2.95. The number of halogens is 1. The predicted molar refractivity (Wildman–Crippen MR) is 98.0 cm³/mol. The van der Waals surface area contributed by atoms with Gasteiger partial charge in [-0.05, 0) is 52.7 Å². The molecule has 2 N–H and O–H groups in total. The summed E-state index contributed by atoms with van der Waals surface area (Å²) in [5.74, 6) is 0.566. The maximum atomic E-state index is 12.1. The fourth-order valence-electron chi connectivity index (χ4n) is 1.87. The molecule has 0 bridgehead atoms. The first kappa shape index (κ1) is 17.1. The molecule has 0 aliphatic rings. The smallest absolute Gasteiger partial charge is 0.243 e. The number of nitrogens with one attached hydrogen (secondary N) is 2. The maximum absolute atomic E-state index is 12.1. The Kier molecular flexibility index (Phi) is 6.23. The number of benzene rings is 2. The lowest BCUT2D eigenvalue weighted by atomic mass is 10.3. The molecule has 0 unspecified atom stereocenters. The van der Waals surface area contributed by atoms with Gasteiger partial charge in [0.25, 0.3) is 0 Å². The lowest BCUT2D eigenvalue weighted by molar-refractivity contribution is -0.114. The van der Waals surface area contributed by atoms with Crippen LogP contribution in [0.2, 0.25) is 0 Å². The summed E-state index contributed by atoms with van der Waals surface area (Å²) in [4.78, 5) is 12.1. The number of hydrogen-bond donors (Lipinski definition) is 2. The number of amides is 1. The van der Waals surface area contributed by atoms with E-state index in [1.54, 1.807) is 0 Å². The molecule has 0 fully saturated rings. The van der Waals surface area contributed by atoms with Crippen molar-refractivity contribution in [3.05, 3.63) is 65.2 Å². The van der Waals surface area contributed by atoms with Crippen LogP contribution < -0.4 is 15.4 Å². The van der Waals surface area contributed by atoms with Gasteiger partial charge in [0.15, 0.2) is 0 Å². The first-order valence-corrected chi connectivity index (χ1v) is 8.00. The van der Waals surface area contributed by atoms with Gasteiger partial charge in [-0.15, -0.1) is 0 Å². The summed E-state index contributed by atoms with van der Waals surface area (Å²) in [5.41, 5.74) is 2.45. The van der Waals surface area contributed by atoms with Crippen LogP contribution >= 0.6 is 15.9 Å². The molecule has 2 aromatic carbocycles. The molecule has 2 rings (SSSR count). The number of para-hydroxylation sites is 3. The summed E-state index contributed by atoms with van der Waals surface area (Å²) in [5, 5.41) is 5.94. The van der Waals surface area contributed by atoms with Gasteiger partial charge in [-0.25, -0.2) is 0 Å². The fraction of sp³-hybridized carbons (Fsp3) is 0.167. The van der Waals surface area contributed by atoms with Gasteiger partial charge < -0.3 is 15.4 Å². The zero-order chi connectivity index (χ0) is 16.7. The second-order valence-corrected chi connectivity index (χ2v) is 5.98. The van der Waals surface area contributed by atoms with Crippen LogP contribution in [0.4, 0.5) is 11.4 Å². The minimum absolute atomic E-state index is 0.133. The van der Waals surface area contributed by atoms with E-state index in [1.165, 1.54) is 0 Å². The second-order valence-electron chi connectivity index (χ2n) is 5.12. The van der Waals surface area contributed by atoms with E-state index in [0.717, 1.165) is 21.4 Å². The fourth-order valence-corrected chi connectivity index (χ4v) is 2.26. The van der Waals surface area contributed by atoms with E-state index in [4.69, 9.17) is 4.74 Å². The summed E-state index contributed by atoms with van der Waals surface area (Å²) in [6, 6.07) is 15.0. The molecule has 0 saturated carbocycles. The number of carbonyl (C=O) groups is 1. The van der Waals surface area contributed by atoms with Gasteiger partial charge in [0.2, 0.25) is 5.91 Å². The Morgan fingerprint density at radius 3 is 2.48 bits per heavy atom. The summed E-state index contributed by atoms with van der Waals surface area (Å²) < 4.78 is 6.51. The molecule has 120 valence electrons. The molecule has 0 aromatic heterocycles. The third kappa shape index (κ3) is 5.45. The van der Waals surface area contributed by atoms with Crippen molar-refractivity contribution in [2.45, 2.75) is 6.92 Å². The van der Waals surface area contributed by atoms with Crippen LogP contribution in [-0.4, -0.2) is 19.1 Å². The highest BCUT2D eigenvalue weighted by Gasteiger charge is 2.07. The molecule has 2 aromatic rings. The van der Waals surface area contributed by atoms with E-state index >= 15 is 0 Å². The van der Waals surface area contributed by atoms with Crippen molar-refractivity contribution in [3.63, 3.8) is 0 Å². The van der Waals surface area contributed by atoms with Crippen LogP contribution in [-0.2, 0) is 4.79 Å². The zero-order valence-corrected chi connectivity index (χ0v) is 14.5. The average Bonchev–Trinajstić information content (AvgIpc) is 2.54. The van der Waals surface area contributed by atoms with Crippen LogP contribution in [0, 0.1) is 0 Å². The number of anilines is 2. The summed E-state index contributed by atoms with van der Waals surface area (Å²) in [6.07, 6.45) is 0. The third-order valence-corrected chi connectivity index (χ3v) is 3.64. The van der Waals surface area contributed by atoms with Gasteiger partial charge in [0, 0.05) is 4.47 Å². The molecule has 0 radical (unpaired) electrons. The van der Waals surface area contributed by atoms with Crippen molar-refractivity contribution >= 4 is 33.2 Å². The van der Waals surface area contributed by atoms with Crippen LogP contribution in [0.25, 0.3) is 0 Å². The van der Waals surface area contributed by atoms with Gasteiger partial charge in [-0.2, -0.15) is 0 Å². The first-order chi connectivity index (χ1) is 11.1. The Balaban J connectivity index is 1.94. The lowest BCUT2D eigenvalue weighted by Crippen LogP contribution is -2.22. The van der Waals surface area contributed by atoms with Gasteiger partial charge in [0.05, 0.1) is 17.9 Å². The first-order valence-electron chi connectivity index (χ1n) is 7.20. The molecule has 0 aliphatic heterocycles. The summed E-state index contributed by atoms with van der Waals surface area (Å²) in [6.45, 7) is 6.31. The Bertz CT molecular complexity index is 701. The molecule has 0 heterocycles. The summed E-state index contributed by atoms with van der Waals surface area (Å²) in [7, 11) is 0. The van der Waals surface area contributed by atoms with Crippen LogP contribution in [0.1, 0.15) is 6.92 Å². The van der Waals surface area contributed by atoms with Gasteiger partial charge in [0.1, 0.15) is 12.4 Å². The van der Waals surface area contributed by atoms with Crippen molar-refractivity contribution < 1.29 is 9.53 Å². The maximum Gasteiger partial charge on any atom is 0.243 e. The Hall–Kier alpha value is -2.27. The molecule has 5 heteroatoms. The lowest BCUT2D eigenvalue weighted by Gasteiger charge is -2.13. The normalized spacial score (nSPS) is 10.0. The molecular formula is C18H19BrN2O2. The van der Waals surface area contributed by atoms with E-state index in [2.05, 4.69) is 33.1 Å². The van der Waals surface area contributed by atoms with E-state index in [9.17, 15) is 4.79 Å². The molecular weight excluding hydrogens is 356 g/mol. The van der Waals surface area contributed by atoms with E-state index in [1.807, 2.05) is 55.5 Å². The van der Waals surface area contributed by atoms with Gasteiger partial charge >= 0.3 is 0 Å². The SMILES string of the molecule is C=C(C)COc1ccccc1NCC(=O)Nc1ccccc1Br. The number of rotatable bonds is 7. The van der Waals surface area contributed by atoms with E-state index in [-0.39, 0.29) is 12.5 Å². The van der Waals surface area contributed by atoms with Crippen molar-refractivity contribution in [3.8, 4) is 5.75 Å². The number of carbonyl (C=O) groups excluding carboxylic acids is 1. The number of hydrogen-bond acceptors (Lipinski definition) is 3. The standard InChI is InChI=1S/C18H19BrN2O2/c1-13(2)12-23-17-10-6-5-9-16(17)20-11-18(22)21-15-8-4-3-7-14(15)19/h3-10,20H,1,11-12H2,2H3,(H,21,22). The topological polar surface area (TPSA) is 50.4 Å². The second kappa shape index (κ2) is 8.39. The Labute approximate surface area is 144 Å². The van der Waals surface area contributed by atoms with Crippen molar-refractivity contribution in [2.24, 2.45) is 0 Å². The van der Waals surface area contributed by atoms with Crippen molar-refractivity contribution in [2.75, 3.05) is 23.8 Å². The van der Waals surface area contributed by atoms with Crippen molar-refractivity contribution in [1.29, 1.82) is 0 Å².